The molecule has 3 heterocycles. The van der Waals surface area contributed by atoms with Crippen molar-refractivity contribution in [2.75, 3.05) is 38.5 Å². The smallest absolute Gasteiger partial charge is 0.407 e. The molecule has 0 saturated carbocycles. The summed E-state index contributed by atoms with van der Waals surface area (Å²) in [6.45, 7) is 21.4. The van der Waals surface area contributed by atoms with Crippen molar-refractivity contribution in [3.8, 4) is 0 Å². The molecule has 1 fully saturated rings. The van der Waals surface area contributed by atoms with Crippen LogP contribution in [0.5, 0.6) is 0 Å². The number of rotatable bonds is 33. The Morgan fingerprint density at radius 1 is 0.881 bits per heavy atom. The average Bonchev–Trinajstić information content (AvgIpc) is 3.31. The Hall–Kier alpha value is -6.75. The van der Waals surface area contributed by atoms with E-state index in [0.29, 0.717) is 67.7 Å². The van der Waals surface area contributed by atoms with Crippen LogP contribution in [-0.4, -0.2) is 153 Å². The van der Waals surface area contributed by atoms with E-state index in [0.717, 1.165) is 35.6 Å². The minimum absolute atomic E-state index is 0.0232. The van der Waals surface area contributed by atoms with Crippen molar-refractivity contribution >= 4 is 76.4 Å². The Morgan fingerprint density at radius 3 is 2.15 bits per heavy atom. The second-order valence-corrected chi connectivity index (χ2v) is 24.8. The first kappa shape index (κ1) is 69.7. The van der Waals surface area contributed by atoms with Gasteiger partial charge in [-0.15, -0.1) is 11.3 Å². The molecule has 84 heavy (non-hydrogen) atoms. The second kappa shape index (κ2) is 33.1. The second-order valence-electron chi connectivity index (χ2n) is 23.9. The molecule has 1 aromatic carbocycles. The van der Waals surface area contributed by atoms with Crippen molar-refractivity contribution in [3.05, 3.63) is 58.1 Å². The number of likely N-dealkylation sites (tertiary alicyclic amines) is 1. The third-order valence-corrected chi connectivity index (χ3v) is 16.6. The number of hydrogen-bond acceptors (Lipinski definition) is 15. The van der Waals surface area contributed by atoms with Gasteiger partial charge >= 0.3 is 18.0 Å². The lowest BCUT2D eigenvalue weighted by atomic mass is 9.86. The summed E-state index contributed by atoms with van der Waals surface area (Å²) >= 11 is 1.12. The molecule has 2 aliphatic heterocycles. The van der Waals surface area contributed by atoms with Gasteiger partial charge in [-0.1, -0.05) is 59.6 Å². The fourth-order valence-corrected chi connectivity index (χ4v) is 11.1. The molecule has 2 unspecified atom stereocenters. The number of imide groups is 1. The van der Waals surface area contributed by atoms with E-state index in [1.807, 2.05) is 48.6 Å². The molecular weight excluding hydrogens is 1100 g/mol. The van der Waals surface area contributed by atoms with Crippen LogP contribution in [0.2, 0.25) is 0 Å². The number of carbonyl (C=O) groups excluding carboxylic acids is 9. The van der Waals surface area contributed by atoms with Crippen molar-refractivity contribution in [3.63, 3.8) is 0 Å². The summed E-state index contributed by atoms with van der Waals surface area (Å²) in [5.74, 6) is -5.37. The highest BCUT2D eigenvalue weighted by molar-refractivity contribution is 7.09. The Balaban J connectivity index is 1.46. The molecule has 0 bridgehead atoms. The van der Waals surface area contributed by atoms with Crippen molar-refractivity contribution in [1.82, 2.24) is 41.0 Å². The summed E-state index contributed by atoms with van der Waals surface area (Å²) in [5, 5.41) is 26.3. The maximum absolute atomic E-state index is 14.7. The van der Waals surface area contributed by atoms with Gasteiger partial charge in [0.2, 0.25) is 23.6 Å². The molecule has 1 aromatic heterocycles. The predicted molar refractivity (Wildman–Crippen MR) is 319 cm³/mol. The SMILES string of the molecule is CC[C@H](C)[C@H](NC(=O)C1(C)CCCCN1C)C(=O)N(CC)[C@H](C[C@@H](OC(C)=O)c1nc(C(=O)N[C@@H](Cc2ccc(NC(=O)C(CCCCNC(=O)OC(C)(C)C)NC(=O)CCCCCN3C(=O)C=CC3=O)cc2)C[C@H](C)C(=O)O)cs1)C(C)C. The van der Waals surface area contributed by atoms with Crippen LogP contribution < -0.4 is 26.6 Å². The number of carboxylic acids is 1. The average molecular weight is 1190 g/mol. The normalized spacial score (nSPS) is 17.9. The van der Waals surface area contributed by atoms with Crippen molar-refractivity contribution in [2.24, 2.45) is 17.8 Å². The number of unbranched alkanes of at least 4 members (excludes halogenated alkanes) is 3. The van der Waals surface area contributed by atoms with E-state index in [4.69, 9.17) is 9.47 Å². The third kappa shape index (κ3) is 21.7. The minimum atomic E-state index is -1.05. The van der Waals surface area contributed by atoms with Crippen LogP contribution in [-0.2, 0) is 54.3 Å². The number of carboxylic acid groups (broad SMARTS) is 1. The maximum Gasteiger partial charge on any atom is 0.407 e. The lowest BCUT2D eigenvalue weighted by Gasteiger charge is -2.43. The lowest BCUT2D eigenvalue weighted by molar-refractivity contribution is -0.150. The van der Waals surface area contributed by atoms with Crippen LogP contribution in [0.4, 0.5) is 10.5 Å². The summed E-state index contributed by atoms with van der Waals surface area (Å²) < 4.78 is 11.2. The van der Waals surface area contributed by atoms with Crippen LogP contribution >= 0.6 is 11.3 Å². The van der Waals surface area contributed by atoms with Gasteiger partial charge in [0.15, 0.2) is 6.10 Å². The van der Waals surface area contributed by atoms with Crippen molar-refractivity contribution < 1.29 is 62.5 Å². The first-order chi connectivity index (χ1) is 39.6. The number of hydrogen-bond donors (Lipinski definition) is 6. The van der Waals surface area contributed by atoms with Gasteiger partial charge in [-0.05, 0) is 142 Å². The zero-order chi connectivity index (χ0) is 62.5. The number of ether oxygens (including phenoxy) is 2. The molecule has 0 spiro atoms. The largest absolute Gasteiger partial charge is 0.481 e. The first-order valence-electron chi connectivity index (χ1n) is 29.8. The molecule has 6 N–H and O–H groups in total. The van der Waals surface area contributed by atoms with Gasteiger partial charge < -0.3 is 46.1 Å². The molecular formula is C61H93N9O13S. The lowest BCUT2D eigenvalue weighted by Crippen LogP contribution is -2.63. The molecule has 8 amide bonds. The summed E-state index contributed by atoms with van der Waals surface area (Å²) in [4.78, 5) is 140. The van der Waals surface area contributed by atoms with E-state index >= 15 is 0 Å². The van der Waals surface area contributed by atoms with Gasteiger partial charge in [0.25, 0.3) is 17.7 Å². The number of aromatic nitrogens is 1. The Kier molecular flexibility index (Phi) is 27.5. The van der Waals surface area contributed by atoms with Crippen LogP contribution in [0.25, 0.3) is 0 Å². The Bertz CT molecular complexity index is 2600. The van der Waals surface area contributed by atoms with Gasteiger partial charge in [-0.3, -0.25) is 53.0 Å². The first-order valence-corrected chi connectivity index (χ1v) is 30.6. The van der Waals surface area contributed by atoms with E-state index in [2.05, 4.69) is 36.5 Å². The zero-order valence-corrected chi connectivity index (χ0v) is 52.2. The van der Waals surface area contributed by atoms with Gasteiger partial charge in [0.05, 0.1) is 11.5 Å². The van der Waals surface area contributed by atoms with Crippen molar-refractivity contribution in [2.45, 2.75) is 207 Å². The number of amides is 8. The highest BCUT2D eigenvalue weighted by Crippen LogP contribution is 2.33. The fourth-order valence-electron chi connectivity index (χ4n) is 10.3. The molecule has 2 aromatic rings. The highest BCUT2D eigenvalue weighted by atomic mass is 32.1. The number of benzene rings is 1. The predicted octanol–water partition coefficient (Wildman–Crippen LogP) is 7.47. The molecule has 22 nitrogen and oxygen atoms in total. The van der Waals surface area contributed by atoms with Crippen molar-refractivity contribution in [1.29, 1.82) is 0 Å². The number of thiazole rings is 1. The summed E-state index contributed by atoms with van der Waals surface area (Å²) in [6.07, 6.45) is 7.43. The number of anilines is 1. The molecule has 466 valence electrons. The Morgan fingerprint density at radius 2 is 1.56 bits per heavy atom. The number of nitrogens with zero attached hydrogens (tertiary/aromatic N) is 4. The van der Waals surface area contributed by atoms with E-state index in [9.17, 15) is 53.1 Å². The number of aliphatic carboxylic acids is 1. The molecule has 4 rings (SSSR count). The number of alkyl carbamates (subject to hydrolysis) is 1. The molecule has 1 saturated heterocycles. The van der Waals surface area contributed by atoms with Crippen LogP contribution in [0.1, 0.15) is 187 Å². The molecule has 2 aliphatic rings. The number of piperidine rings is 1. The molecule has 23 heteroatoms. The standard InChI is InChI=1S/C61H93N9O13S/c1-13-39(5)52(67-58(80)61(11)30-18-21-32-68(61)12)56(77)69(14-2)47(38(3)4)36-48(82-41(7)71)55-66-46(37-84-55)54(76)64-44(34-40(6)57(78)79)35-42-24-26-43(27-25-42)63-53(75)45(22-17-19-31-62-59(81)83-60(8,9)10)65-49(72)23-16-15-20-33-70-50(73)28-29-51(70)74/h24-29,37-40,44-45,47-48,52H,13-23,30-36H2,1-12H3,(H,62,81)(H,63,75)(H,64,76)(H,65,72)(H,67,80)(H,78,79)/t39-,40-,44+,45?,47+,48+,52-,61?/m0/s1. The topological polar surface area (TPSA) is 292 Å². The molecule has 0 aliphatic carbocycles. The van der Waals surface area contributed by atoms with Crippen LogP contribution in [0, 0.1) is 17.8 Å². The molecule has 8 atom stereocenters. The van der Waals surface area contributed by atoms with E-state index in [-0.39, 0.29) is 92.3 Å². The van der Waals surface area contributed by atoms with Gasteiger partial charge in [0, 0.05) is 74.7 Å². The monoisotopic (exact) mass is 1190 g/mol. The molecule has 0 radical (unpaired) electrons. The summed E-state index contributed by atoms with van der Waals surface area (Å²) in [7, 11) is 1.93. The quantitative estimate of drug-likeness (QED) is 0.0230. The summed E-state index contributed by atoms with van der Waals surface area (Å²) in [6, 6.07) is 3.90. The number of likely N-dealkylation sites (N-methyl/N-ethyl adjacent to an activating group) is 2. The van der Waals surface area contributed by atoms with Crippen LogP contribution in [0.3, 0.4) is 0 Å². The maximum atomic E-state index is 14.7. The van der Waals surface area contributed by atoms with E-state index in [1.54, 1.807) is 62.2 Å². The van der Waals surface area contributed by atoms with E-state index in [1.165, 1.54) is 19.1 Å². The van der Waals surface area contributed by atoms with E-state index < -0.39 is 77.2 Å². The number of nitrogens with one attached hydrogen (secondary N) is 5. The Labute approximate surface area is 499 Å². The van der Waals surface area contributed by atoms with Crippen LogP contribution in [0.15, 0.2) is 41.8 Å². The number of carbonyl (C=O) groups is 10. The zero-order valence-electron chi connectivity index (χ0n) is 51.4. The third-order valence-electron chi connectivity index (χ3n) is 15.6. The fraction of sp³-hybridized carbons (Fsp3) is 0.656. The minimum Gasteiger partial charge on any atom is -0.481 e. The number of esters is 1. The highest BCUT2D eigenvalue weighted by Gasteiger charge is 2.43. The van der Waals surface area contributed by atoms with Gasteiger partial charge in [-0.2, -0.15) is 0 Å². The van der Waals surface area contributed by atoms with Gasteiger partial charge in [0.1, 0.15) is 28.4 Å². The summed E-state index contributed by atoms with van der Waals surface area (Å²) in [5.41, 5.74) is -0.282. The van der Waals surface area contributed by atoms with Gasteiger partial charge in [-0.25, -0.2) is 9.78 Å².